The highest BCUT2D eigenvalue weighted by molar-refractivity contribution is 7.98. The van der Waals surface area contributed by atoms with Gasteiger partial charge in [0.1, 0.15) is 18.1 Å². The van der Waals surface area contributed by atoms with Crippen LogP contribution >= 0.6 is 11.8 Å². The molecular formula is C21H40N4O5S. The van der Waals surface area contributed by atoms with Crippen LogP contribution in [0.1, 0.15) is 54.4 Å². The number of nitrogens with two attached hydrogens (primary N) is 1. The summed E-state index contributed by atoms with van der Waals surface area (Å²) in [5.74, 6) is -2.63. The van der Waals surface area contributed by atoms with Gasteiger partial charge in [-0.2, -0.15) is 11.8 Å². The molecule has 0 aliphatic heterocycles. The summed E-state index contributed by atoms with van der Waals surface area (Å²) in [4.78, 5) is 49.6. The predicted molar refractivity (Wildman–Crippen MR) is 124 cm³/mol. The van der Waals surface area contributed by atoms with Crippen LogP contribution in [0.5, 0.6) is 0 Å². The van der Waals surface area contributed by atoms with E-state index in [0.717, 1.165) is 6.42 Å². The molecule has 0 rings (SSSR count). The number of thioether (sulfide) groups is 1. The second kappa shape index (κ2) is 14.3. The summed E-state index contributed by atoms with van der Waals surface area (Å²) in [6.07, 6.45) is 3.00. The van der Waals surface area contributed by atoms with Crippen molar-refractivity contribution < 1.29 is 24.3 Å². The number of aliphatic carboxylic acids is 1. The summed E-state index contributed by atoms with van der Waals surface area (Å²) in [5.41, 5.74) is 5.99. The first-order chi connectivity index (χ1) is 14.4. The third-order valence-electron chi connectivity index (χ3n) is 5.28. The van der Waals surface area contributed by atoms with Gasteiger partial charge in [0.25, 0.3) is 0 Å². The number of rotatable bonds is 14. The van der Waals surface area contributed by atoms with Crippen LogP contribution < -0.4 is 21.7 Å². The molecule has 31 heavy (non-hydrogen) atoms. The molecule has 0 saturated carbocycles. The van der Waals surface area contributed by atoms with Crippen LogP contribution in [0.4, 0.5) is 0 Å². The first-order valence-electron chi connectivity index (χ1n) is 10.8. The van der Waals surface area contributed by atoms with E-state index < -0.39 is 47.9 Å². The zero-order valence-corrected chi connectivity index (χ0v) is 20.5. The molecule has 0 spiro atoms. The van der Waals surface area contributed by atoms with Crippen molar-refractivity contribution in [1.29, 1.82) is 0 Å². The molecule has 0 fully saturated rings. The minimum atomic E-state index is -1.14. The van der Waals surface area contributed by atoms with E-state index in [1.807, 2.05) is 20.1 Å². The first-order valence-corrected chi connectivity index (χ1v) is 12.1. The monoisotopic (exact) mass is 460 g/mol. The lowest BCUT2D eigenvalue weighted by atomic mass is 9.98. The van der Waals surface area contributed by atoms with Crippen LogP contribution in [0.15, 0.2) is 0 Å². The summed E-state index contributed by atoms with van der Waals surface area (Å²) < 4.78 is 0. The molecular weight excluding hydrogens is 420 g/mol. The van der Waals surface area contributed by atoms with Crippen LogP contribution in [-0.4, -0.2) is 65.0 Å². The van der Waals surface area contributed by atoms with Gasteiger partial charge in [0.05, 0.1) is 6.04 Å². The van der Waals surface area contributed by atoms with Crippen molar-refractivity contribution in [3.05, 3.63) is 0 Å². The molecule has 180 valence electrons. The van der Waals surface area contributed by atoms with E-state index in [9.17, 15) is 24.3 Å². The highest BCUT2D eigenvalue weighted by Crippen LogP contribution is 2.10. The van der Waals surface area contributed by atoms with Gasteiger partial charge in [-0.3, -0.25) is 14.4 Å². The molecule has 0 aliphatic rings. The number of hydrogen-bond acceptors (Lipinski definition) is 6. The highest BCUT2D eigenvalue weighted by atomic mass is 32.2. The molecule has 0 bridgehead atoms. The van der Waals surface area contributed by atoms with Gasteiger partial charge < -0.3 is 26.8 Å². The number of carboxylic acid groups (broad SMARTS) is 1. The standard InChI is InChI=1S/C21H40N4O5S/c1-8-13(6)15(22)19(27)23-14(9-10-31-7)18(26)24-16(11(2)3)20(28)25-17(12(4)5)21(29)30/h11-17H,8-10,22H2,1-7H3,(H,23,27)(H,24,26)(H,25,28)(H,29,30). The third kappa shape index (κ3) is 9.90. The quantitative estimate of drug-likeness (QED) is 0.259. The SMILES string of the molecule is CCC(C)C(N)C(=O)NC(CCSC)C(=O)NC(C(=O)NC(C(=O)O)C(C)C)C(C)C. The third-order valence-corrected chi connectivity index (χ3v) is 5.92. The van der Waals surface area contributed by atoms with Crippen molar-refractivity contribution in [1.82, 2.24) is 16.0 Å². The fourth-order valence-electron chi connectivity index (χ4n) is 2.83. The molecule has 5 atom stereocenters. The largest absolute Gasteiger partial charge is 0.480 e. The maximum Gasteiger partial charge on any atom is 0.326 e. The van der Waals surface area contributed by atoms with Gasteiger partial charge in [0.15, 0.2) is 0 Å². The summed E-state index contributed by atoms with van der Waals surface area (Å²) >= 11 is 1.53. The Hall–Kier alpha value is -1.81. The molecule has 6 N–H and O–H groups in total. The summed E-state index contributed by atoms with van der Waals surface area (Å²) in [6.45, 7) is 10.7. The van der Waals surface area contributed by atoms with E-state index in [0.29, 0.717) is 12.2 Å². The second-order valence-corrected chi connectivity index (χ2v) is 9.54. The lowest BCUT2D eigenvalue weighted by Crippen LogP contribution is -2.59. The van der Waals surface area contributed by atoms with Gasteiger partial charge in [0.2, 0.25) is 17.7 Å². The zero-order chi connectivity index (χ0) is 24.3. The Morgan fingerprint density at radius 1 is 0.871 bits per heavy atom. The number of carbonyl (C=O) groups is 4. The zero-order valence-electron chi connectivity index (χ0n) is 19.7. The lowest BCUT2D eigenvalue weighted by molar-refractivity contribution is -0.143. The Labute approximate surface area is 190 Å². The van der Waals surface area contributed by atoms with E-state index in [1.165, 1.54) is 11.8 Å². The van der Waals surface area contributed by atoms with Gasteiger partial charge in [-0.1, -0.05) is 48.0 Å². The van der Waals surface area contributed by atoms with Gasteiger partial charge in [-0.05, 0) is 36.2 Å². The average molecular weight is 461 g/mol. The normalized spacial score (nSPS) is 16.2. The van der Waals surface area contributed by atoms with Crippen molar-refractivity contribution in [3.8, 4) is 0 Å². The predicted octanol–water partition coefficient (Wildman–Crippen LogP) is 0.964. The lowest BCUT2D eigenvalue weighted by Gasteiger charge is -2.28. The van der Waals surface area contributed by atoms with E-state index in [1.54, 1.807) is 27.7 Å². The van der Waals surface area contributed by atoms with Crippen molar-refractivity contribution in [2.75, 3.05) is 12.0 Å². The van der Waals surface area contributed by atoms with Crippen LogP contribution in [0.25, 0.3) is 0 Å². The highest BCUT2D eigenvalue weighted by Gasteiger charge is 2.33. The maximum absolute atomic E-state index is 12.9. The fraction of sp³-hybridized carbons (Fsp3) is 0.810. The van der Waals surface area contributed by atoms with Crippen molar-refractivity contribution in [3.63, 3.8) is 0 Å². The van der Waals surface area contributed by atoms with Crippen molar-refractivity contribution >= 4 is 35.5 Å². The Bertz CT molecular complexity index is 615. The molecule has 0 saturated heterocycles. The Morgan fingerprint density at radius 3 is 1.81 bits per heavy atom. The van der Waals surface area contributed by atoms with Crippen LogP contribution in [0, 0.1) is 17.8 Å². The number of hydrogen-bond donors (Lipinski definition) is 5. The molecule has 10 heteroatoms. The molecule has 9 nitrogen and oxygen atoms in total. The molecule has 0 aliphatic carbocycles. The van der Waals surface area contributed by atoms with Crippen LogP contribution in [0.2, 0.25) is 0 Å². The Balaban J connectivity index is 5.41. The average Bonchev–Trinajstić information content (AvgIpc) is 2.70. The topological polar surface area (TPSA) is 151 Å². The molecule has 0 radical (unpaired) electrons. The molecule has 0 aromatic carbocycles. The summed E-state index contributed by atoms with van der Waals surface area (Å²) in [5, 5.41) is 17.2. The maximum atomic E-state index is 12.9. The number of carboxylic acids is 1. The van der Waals surface area contributed by atoms with E-state index in [4.69, 9.17) is 5.73 Å². The van der Waals surface area contributed by atoms with Crippen molar-refractivity contribution in [2.45, 2.75) is 78.6 Å². The van der Waals surface area contributed by atoms with Gasteiger partial charge in [-0.25, -0.2) is 4.79 Å². The van der Waals surface area contributed by atoms with Gasteiger partial charge in [0, 0.05) is 0 Å². The summed E-state index contributed by atoms with van der Waals surface area (Å²) in [7, 11) is 0. The van der Waals surface area contributed by atoms with Gasteiger partial charge >= 0.3 is 5.97 Å². The minimum Gasteiger partial charge on any atom is -0.480 e. The number of carbonyl (C=O) groups excluding carboxylic acids is 3. The van der Waals surface area contributed by atoms with Crippen molar-refractivity contribution in [2.24, 2.45) is 23.5 Å². The molecule has 0 aromatic heterocycles. The Morgan fingerprint density at radius 2 is 1.39 bits per heavy atom. The van der Waals surface area contributed by atoms with E-state index in [2.05, 4.69) is 16.0 Å². The number of nitrogens with one attached hydrogen (secondary N) is 3. The minimum absolute atomic E-state index is 0.0394. The van der Waals surface area contributed by atoms with Gasteiger partial charge in [-0.15, -0.1) is 0 Å². The first kappa shape index (κ1) is 29.2. The van der Waals surface area contributed by atoms with E-state index in [-0.39, 0.29) is 17.8 Å². The smallest absolute Gasteiger partial charge is 0.326 e. The van der Waals surface area contributed by atoms with E-state index >= 15 is 0 Å². The van der Waals surface area contributed by atoms with Crippen LogP contribution in [0.3, 0.4) is 0 Å². The summed E-state index contributed by atoms with van der Waals surface area (Å²) in [6, 6.07) is -3.58. The molecule has 0 heterocycles. The molecule has 5 unspecified atom stereocenters. The second-order valence-electron chi connectivity index (χ2n) is 8.55. The molecule has 0 aromatic rings. The molecule has 3 amide bonds. The Kier molecular flexibility index (Phi) is 13.5. The number of amides is 3. The fourth-order valence-corrected chi connectivity index (χ4v) is 3.30. The van der Waals surface area contributed by atoms with Crippen LogP contribution in [-0.2, 0) is 19.2 Å².